The van der Waals surface area contributed by atoms with Crippen LogP contribution < -0.4 is 5.32 Å². The molecule has 0 radical (unpaired) electrons. The fourth-order valence-corrected chi connectivity index (χ4v) is 2.58. The fourth-order valence-electron chi connectivity index (χ4n) is 2.58. The summed E-state index contributed by atoms with van der Waals surface area (Å²) in [6, 6.07) is 20.3. The Morgan fingerprint density at radius 3 is 1.80 bits per heavy atom. The summed E-state index contributed by atoms with van der Waals surface area (Å²) in [5, 5.41) is 3.21. The van der Waals surface area contributed by atoms with Gasteiger partial charge in [0, 0.05) is 5.92 Å². The topological polar surface area (TPSA) is 29.1 Å². The molecule has 1 saturated carbocycles. The van der Waals surface area contributed by atoms with E-state index in [0.29, 0.717) is 0 Å². The molecule has 2 heteroatoms. The van der Waals surface area contributed by atoms with Gasteiger partial charge in [-0.25, -0.2) is 0 Å². The molecule has 2 nitrogen and oxygen atoms in total. The highest BCUT2D eigenvalue weighted by atomic mass is 16.2. The van der Waals surface area contributed by atoms with Crippen molar-refractivity contribution in [1.82, 2.24) is 5.32 Å². The molecule has 1 aliphatic rings. The monoisotopic (exact) mass is 265 g/mol. The van der Waals surface area contributed by atoms with E-state index in [9.17, 15) is 4.79 Å². The van der Waals surface area contributed by atoms with E-state index in [4.69, 9.17) is 0 Å². The number of amides is 1. The Bertz CT molecular complexity index is 521. The van der Waals surface area contributed by atoms with Gasteiger partial charge < -0.3 is 5.32 Å². The molecule has 0 heterocycles. The van der Waals surface area contributed by atoms with Gasteiger partial charge in [0.25, 0.3) is 0 Å². The molecule has 1 N–H and O–H groups in total. The van der Waals surface area contributed by atoms with Crippen molar-refractivity contribution in [2.75, 3.05) is 0 Å². The summed E-state index contributed by atoms with van der Waals surface area (Å²) >= 11 is 0. The lowest BCUT2D eigenvalue weighted by molar-refractivity contribution is -0.127. The van der Waals surface area contributed by atoms with Crippen LogP contribution in [0.25, 0.3) is 0 Å². The first-order chi connectivity index (χ1) is 9.84. The summed E-state index contributed by atoms with van der Waals surface area (Å²) in [4.78, 5) is 12.3. The molecule has 0 unspecified atom stereocenters. The van der Waals surface area contributed by atoms with Gasteiger partial charge in [0.15, 0.2) is 0 Å². The van der Waals surface area contributed by atoms with E-state index in [-0.39, 0.29) is 17.9 Å². The maximum Gasteiger partial charge on any atom is 0.223 e. The third-order valence-corrected chi connectivity index (χ3v) is 4.03. The van der Waals surface area contributed by atoms with Crippen molar-refractivity contribution in [3.8, 4) is 0 Å². The second-order valence-electron chi connectivity index (χ2n) is 5.39. The largest absolute Gasteiger partial charge is 0.345 e. The van der Waals surface area contributed by atoms with E-state index < -0.39 is 0 Å². The van der Waals surface area contributed by atoms with Gasteiger partial charge in [-0.2, -0.15) is 0 Å². The van der Waals surface area contributed by atoms with Gasteiger partial charge in [0.2, 0.25) is 5.91 Å². The lowest BCUT2D eigenvalue weighted by atomic mass is 9.84. The van der Waals surface area contributed by atoms with E-state index in [2.05, 4.69) is 29.6 Å². The van der Waals surface area contributed by atoms with Crippen LogP contribution in [0.1, 0.15) is 36.4 Å². The molecular formula is C18H19NO. The quantitative estimate of drug-likeness (QED) is 0.897. The summed E-state index contributed by atoms with van der Waals surface area (Å²) in [5.74, 6) is 0.402. The maximum atomic E-state index is 12.3. The average molecular weight is 265 g/mol. The zero-order valence-corrected chi connectivity index (χ0v) is 11.5. The molecule has 1 aliphatic carbocycles. The minimum Gasteiger partial charge on any atom is -0.345 e. The van der Waals surface area contributed by atoms with Gasteiger partial charge in [-0.05, 0) is 24.0 Å². The zero-order valence-electron chi connectivity index (χ0n) is 11.5. The Hall–Kier alpha value is -2.09. The van der Waals surface area contributed by atoms with Crippen LogP contribution in [0.3, 0.4) is 0 Å². The first-order valence-electron chi connectivity index (χ1n) is 7.25. The molecule has 3 rings (SSSR count). The number of carbonyl (C=O) groups excluding carboxylic acids is 1. The van der Waals surface area contributed by atoms with Crippen LogP contribution in [0, 0.1) is 5.92 Å². The van der Waals surface area contributed by atoms with E-state index in [0.717, 1.165) is 24.0 Å². The van der Waals surface area contributed by atoms with Crippen molar-refractivity contribution >= 4 is 5.91 Å². The van der Waals surface area contributed by atoms with Crippen LogP contribution in [-0.4, -0.2) is 5.91 Å². The summed E-state index contributed by atoms with van der Waals surface area (Å²) in [7, 11) is 0. The molecule has 1 fully saturated rings. The predicted molar refractivity (Wildman–Crippen MR) is 80.2 cm³/mol. The molecule has 20 heavy (non-hydrogen) atoms. The Labute approximate surface area is 119 Å². The third kappa shape index (κ3) is 2.74. The molecule has 0 aliphatic heterocycles. The summed E-state index contributed by atoms with van der Waals surface area (Å²) < 4.78 is 0. The van der Waals surface area contributed by atoms with Crippen LogP contribution in [0.15, 0.2) is 60.7 Å². The molecule has 2 aromatic carbocycles. The van der Waals surface area contributed by atoms with Gasteiger partial charge in [-0.15, -0.1) is 0 Å². The molecule has 0 bridgehead atoms. The van der Waals surface area contributed by atoms with Crippen molar-refractivity contribution in [2.24, 2.45) is 5.92 Å². The maximum absolute atomic E-state index is 12.3. The highest BCUT2D eigenvalue weighted by Gasteiger charge is 2.27. The minimum absolute atomic E-state index is 0.0505. The van der Waals surface area contributed by atoms with Gasteiger partial charge >= 0.3 is 0 Å². The Morgan fingerprint density at radius 1 is 0.900 bits per heavy atom. The minimum atomic E-state index is -0.0505. The zero-order chi connectivity index (χ0) is 13.8. The number of hydrogen-bond acceptors (Lipinski definition) is 1. The van der Waals surface area contributed by atoms with Crippen molar-refractivity contribution in [3.05, 3.63) is 71.8 Å². The number of nitrogens with one attached hydrogen (secondary N) is 1. The van der Waals surface area contributed by atoms with Crippen molar-refractivity contribution in [2.45, 2.75) is 25.3 Å². The number of hydrogen-bond donors (Lipinski definition) is 1. The Kier molecular flexibility index (Phi) is 3.82. The molecule has 0 aromatic heterocycles. The molecule has 0 atom stereocenters. The second-order valence-corrected chi connectivity index (χ2v) is 5.39. The van der Waals surface area contributed by atoms with Crippen LogP contribution in [0.5, 0.6) is 0 Å². The smallest absolute Gasteiger partial charge is 0.223 e. The first-order valence-corrected chi connectivity index (χ1v) is 7.25. The van der Waals surface area contributed by atoms with Crippen LogP contribution >= 0.6 is 0 Å². The fraction of sp³-hybridized carbons (Fsp3) is 0.278. The standard InChI is InChI=1S/C18H19NO/c20-18(16-12-7-13-16)19-17(14-8-3-1-4-9-14)15-10-5-2-6-11-15/h1-6,8-11,16-17H,7,12-13H2,(H,19,20). The second kappa shape index (κ2) is 5.91. The molecular weight excluding hydrogens is 246 g/mol. The normalized spacial score (nSPS) is 14.8. The Balaban J connectivity index is 1.85. The van der Waals surface area contributed by atoms with Crippen LogP contribution in [0.4, 0.5) is 0 Å². The predicted octanol–water partition coefficient (Wildman–Crippen LogP) is 3.69. The summed E-state index contributed by atoms with van der Waals surface area (Å²) in [5.41, 5.74) is 2.26. The van der Waals surface area contributed by atoms with Crippen LogP contribution in [-0.2, 0) is 4.79 Å². The van der Waals surface area contributed by atoms with E-state index in [1.165, 1.54) is 6.42 Å². The van der Waals surface area contributed by atoms with Crippen molar-refractivity contribution < 1.29 is 4.79 Å². The van der Waals surface area contributed by atoms with Gasteiger partial charge in [-0.3, -0.25) is 4.79 Å². The van der Waals surface area contributed by atoms with E-state index in [1.54, 1.807) is 0 Å². The van der Waals surface area contributed by atoms with E-state index in [1.807, 2.05) is 36.4 Å². The molecule has 2 aromatic rings. The van der Waals surface area contributed by atoms with E-state index >= 15 is 0 Å². The molecule has 0 saturated heterocycles. The summed E-state index contributed by atoms with van der Waals surface area (Å²) in [6.45, 7) is 0. The lowest BCUT2D eigenvalue weighted by Gasteiger charge is -2.28. The van der Waals surface area contributed by atoms with Crippen molar-refractivity contribution in [1.29, 1.82) is 0 Å². The first kappa shape index (κ1) is 12.9. The third-order valence-electron chi connectivity index (χ3n) is 4.03. The SMILES string of the molecule is O=C(NC(c1ccccc1)c1ccccc1)C1CCC1. The Morgan fingerprint density at radius 2 is 1.40 bits per heavy atom. The van der Waals surface area contributed by atoms with Crippen molar-refractivity contribution in [3.63, 3.8) is 0 Å². The average Bonchev–Trinajstić information content (AvgIpc) is 2.45. The van der Waals surface area contributed by atoms with Gasteiger partial charge in [0.1, 0.15) is 0 Å². The van der Waals surface area contributed by atoms with Gasteiger partial charge in [0.05, 0.1) is 6.04 Å². The number of benzene rings is 2. The lowest BCUT2D eigenvalue weighted by Crippen LogP contribution is -2.37. The summed E-state index contributed by atoms with van der Waals surface area (Å²) in [6.07, 6.45) is 3.24. The van der Waals surface area contributed by atoms with Crippen LogP contribution in [0.2, 0.25) is 0 Å². The van der Waals surface area contributed by atoms with Gasteiger partial charge in [-0.1, -0.05) is 67.1 Å². The highest BCUT2D eigenvalue weighted by Crippen LogP contribution is 2.29. The highest BCUT2D eigenvalue weighted by molar-refractivity contribution is 5.80. The molecule has 0 spiro atoms. The molecule has 1 amide bonds. The molecule has 102 valence electrons. The number of rotatable bonds is 4. The number of carbonyl (C=O) groups is 1.